The fourth-order valence-electron chi connectivity index (χ4n) is 3.07. The molecule has 1 fully saturated rings. The van der Waals surface area contributed by atoms with Crippen molar-refractivity contribution in [1.82, 2.24) is 4.90 Å². The number of hydrogen-bond donors (Lipinski definition) is 1. The van der Waals surface area contributed by atoms with E-state index in [1.807, 2.05) is 0 Å². The summed E-state index contributed by atoms with van der Waals surface area (Å²) in [7, 11) is 2.13. The molecule has 1 saturated carbocycles. The molecule has 0 spiro atoms. The molecule has 1 rings (SSSR count). The molecule has 0 bridgehead atoms. The van der Waals surface area contributed by atoms with Crippen LogP contribution in [0.15, 0.2) is 0 Å². The van der Waals surface area contributed by atoms with Crippen LogP contribution in [-0.4, -0.2) is 36.2 Å². The molecule has 0 aromatic rings. The van der Waals surface area contributed by atoms with Crippen molar-refractivity contribution >= 4 is 0 Å². The topological polar surface area (TPSA) is 47.3 Å². The SMILES string of the molecule is CN(CC1CCCCC1O)CC(C)(C)CCC#N. The third-order valence-corrected chi connectivity index (χ3v) is 4.03. The van der Waals surface area contributed by atoms with E-state index in [-0.39, 0.29) is 11.5 Å². The highest BCUT2D eigenvalue weighted by Gasteiger charge is 2.26. The maximum atomic E-state index is 9.99. The van der Waals surface area contributed by atoms with Gasteiger partial charge in [0.1, 0.15) is 0 Å². The molecule has 3 heteroatoms. The van der Waals surface area contributed by atoms with E-state index in [0.717, 1.165) is 32.4 Å². The number of rotatable bonds is 6. The van der Waals surface area contributed by atoms with Gasteiger partial charge in [-0.3, -0.25) is 0 Å². The second-order valence-corrected chi connectivity index (χ2v) is 6.63. The van der Waals surface area contributed by atoms with Crippen LogP contribution in [0.1, 0.15) is 52.4 Å². The van der Waals surface area contributed by atoms with E-state index in [2.05, 4.69) is 31.9 Å². The molecular weight excluding hydrogens is 224 g/mol. The molecule has 0 heterocycles. The van der Waals surface area contributed by atoms with E-state index < -0.39 is 0 Å². The van der Waals surface area contributed by atoms with Gasteiger partial charge < -0.3 is 10.0 Å². The van der Waals surface area contributed by atoms with Crippen LogP contribution in [-0.2, 0) is 0 Å². The fraction of sp³-hybridized carbons (Fsp3) is 0.933. The first-order valence-corrected chi connectivity index (χ1v) is 7.18. The lowest BCUT2D eigenvalue weighted by atomic mass is 9.84. The van der Waals surface area contributed by atoms with Crippen molar-refractivity contribution < 1.29 is 5.11 Å². The van der Waals surface area contributed by atoms with E-state index >= 15 is 0 Å². The summed E-state index contributed by atoms with van der Waals surface area (Å²) in [6.45, 7) is 6.42. The molecule has 0 aromatic heterocycles. The Morgan fingerprint density at radius 3 is 2.61 bits per heavy atom. The van der Waals surface area contributed by atoms with Crippen molar-refractivity contribution in [1.29, 1.82) is 5.26 Å². The maximum Gasteiger partial charge on any atom is 0.0621 e. The van der Waals surface area contributed by atoms with Crippen LogP contribution in [0, 0.1) is 22.7 Å². The summed E-state index contributed by atoms with van der Waals surface area (Å²) < 4.78 is 0. The predicted molar refractivity (Wildman–Crippen MR) is 74.1 cm³/mol. The van der Waals surface area contributed by atoms with Gasteiger partial charge in [-0.05, 0) is 37.6 Å². The standard InChI is InChI=1S/C15H28N2O/c1-15(2,9-6-10-16)12-17(3)11-13-7-4-5-8-14(13)18/h13-14,18H,4-9,11-12H2,1-3H3. The Hall–Kier alpha value is -0.590. The average Bonchev–Trinajstić information content (AvgIpc) is 2.29. The zero-order valence-electron chi connectivity index (χ0n) is 12.2. The van der Waals surface area contributed by atoms with Crippen LogP contribution in [0.3, 0.4) is 0 Å². The van der Waals surface area contributed by atoms with E-state index in [4.69, 9.17) is 5.26 Å². The summed E-state index contributed by atoms with van der Waals surface area (Å²) in [5, 5.41) is 18.7. The van der Waals surface area contributed by atoms with E-state index in [1.165, 1.54) is 12.8 Å². The van der Waals surface area contributed by atoms with Crippen LogP contribution < -0.4 is 0 Å². The second-order valence-electron chi connectivity index (χ2n) is 6.63. The van der Waals surface area contributed by atoms with Gasteiger partial charge in [0.25, 0.3) is 0 Å². The number of nitrogens with zero attached hydrogens (tertiary/aromatic N) is 2. The van der Waals surface area contributed by atoms with E-state index in [0.29, 0.717) is 12.3 Å². The van der Waals surface area contributed by atoms with Gasteiger partial charge in [-0.2, -0.15) is 5.26 Å². The number of hydrogen-bond acceptors (Lipinski definition) is 3. The maximum absolute atomic E-state index is 9.99. The molecule has 2 atom stereocenters. The minimum atomic E-state index is -0.108. The van der Waals surface area contributed by atoms with E-state index in [1.54, 1.807) is 0 Å². The van der Waals surface area contributed by atoms with E-state index in [9.17, 15) is 5.11 Å². The lowest BCUT2D eigenvalue weighted by molar-refractivity contribution is 0.0441. The summed E-state index contributed by atoms with van der Waals surface area (Å²) in [5.74, 6) is 0.440. The zero-order chi connectivity index (χ0) is 13.6. The third kappa shape index (κ3) is 5.37. The molecule has 0 aliphatic heterocycles. The van der Waals surface area contributed by atoms with Gasteiger partial charge in [0.15, 0.2) is 0 Å². The molecule has 0 saturated heterocycles. The molecule has 0 aromatic carbocycles. The lowest BCUT2D eigenvalue weighted by Gasteiger charge is -2.35. The highest BCUT2D eigenvalue weighted by Crippen LogP contribution is 2.27. The molecule has 1 N–H and O–H groups in total. The number of aliphatic hydroxyl groups excluding tert-OH is 1. The summed E-state index contributed by atoms with van der Waals surface area (Å²) >= 11 is 0. The Bertz CT molecular complexity index is 283. The summed E-state index contributed by atoms with van der Waals surface area (Å²) in [4.78, 5) is 2.33. The van der Waals surface area contributed by atoms with Crippen molar-refractivity contribution in [3.63, 3.8) is 0 Å². The van der Waals surface area contributed by atoms with Gasteiger partial charge in [-0.25, -0.2) is 0 Å². The highest BCUT2D eigenvalue weighted by molar-refractivity contribution is 4.82. The van der Waals surface area contributed by atoms with Gasteiger partial charge in [-0.15, -0.1) is 0 Å². The van der Waals surface area contributed by atoms with Crippen LogP contribution in [0.25, 0.3) is 0 Å². The molecule has 1 aliphatic rings. The smallest absolute Gasteiger partial charge is 0.0621 e. The Labute approximate surface area is 112 Å². The van der Waals surface area contributed by atoms with Crippen LogP contribution >= 0.6 is 0 Å². The van der Waals surface area contributed by atoms with Crippen LogP contribution in [0.2, 0.25) is 0 Å². The minimum Gasteiger partial charge on any atom is -0.393 e. The van der Waals surface area contributed by atoms with Crippen molar-refractivity contribution in [2.75, 3.05) is 20.1 Å². The van der Waals surface area contributed by atoms with Crippen molar-refractivity contribution in [2.24, 2.45) is 11.3 Å². The molecule has 18 heavy (non-hydrogen) atoms. The Morgan fingerprint density at radius 2 is 2.00 bits per heavy atom. The summed E-state index contributed by atoms with van der Waals surface area (Å²) in [6, 6.07) is 2.23. The normalized spacial score (nSPS) is 25.1. The predicted octanol–water partition coefficient (Wildman–Crippen LogP) is 2.80. The first-order chi connectivity index (χ1) is 8.44. The Balaban J connectivity index is 2.35. The quantitative estimate of drug-likeness (QED) is 0.790. The van der Waals surface area contributed by atoms with Gasteiger partial charge in [0.2, 0.25) is 0 Å². The average molecular weight is 252 g/mol. The molecule has 2 unspecified atom stereocenters. The van der Waals surface area contributed by atoms with Crippen molar-refractivity contribution in [2.45, 2.75) is 58.5 Å². The van der Waals surface area contributed by atoms with Gasteiger partial charge in [-0.1, -0.05) is 26.7 Å². The fourth-order valence-corrected chi connectivity index (χ4v) is 3.07. The highest BCUT2D eigenvalue weighted by atomic mass is 16.3. The Morgan fingerprint density at radius 1 is 1.33 bits per heavy atom. The monoisotopic (exact) mass is 252 g/mol. The number of nitriles is 1. The van der Waals surface area contributed by atoms with Crippen LogP contribution in [0.5, 0.6) is 0 Å². The largest absolute Gasteiger partial charge is 0.393 e. The second kappa shape index (κ2) is 7.11. The molecule has 3 nitrogen and oxygen atoms in total. The molecule has 104 valence electrons. The van der Waals surface area contributed by atoms with Gasteiger partial charge in [0.05, 0.1) is 12.2 Å². The molecule has 0 amide bonds. The lowest BCUT2D eigenvalue weighted by Crippen LogP contribution is -2.39. The molecule has 1 aliphatic carbocycles. The van der Waals surface area contributed by atoms with Gasteiger partial charge in [0, 0.05) is 19.5 Å². The molecule has 0 radical (unpaired) electrons. The minimum absolute atomic E-state index is 0.108. The first kappa shape index (κ1) is 15.5. The third-order valence-electron chi connectivity index (χ3n) is 4.03. The summed E-state index contributed by atoms with van der Waals surface area (Å²) in [6.07, 6.45) is 6.03. The zero-order valence-corrected chi connectivity index (χ0v) is 12.2. The first-order valence-electron chi connectivity index (χ1n) is 7.18. The Kier molecular flexibility index (Phi) is 6.11. The van der Waals surface area contributed by atoms with Crippen LogP contribution in [0.4, 0.5) is 0 Å². The molecular formula is C15H28N2O. The van der Waals surface area contributed by atoms with Gasteiger partial charge >= 0.3 is 0 Å². The van der Waals surface area contributed by atoms with Crippen molar-refractivity contribution in [3.05, 3.63) is 0 Å². The summed E-state index contributed by atoms with van der Waals surface area (Å²) in [5.41, 5.74) is 0.185. The van der Waals surface area contributed by atoms with Crippen molar-refractivity contribution in [3.8, 4) is 6.07 Å². The number of aliphatic hydroxyl groups is 1.